The van der Waals surface area contributed by atoms with Gasteiger partial charge in [-0.25, -0.2) is 9.48 Å². The van der Waals surface area contributed by atoms with Gasteiger partial charge in [0.2, 0.25) is 6.79 Å². The van der Waals surface area contributed by atoms with Gasteiger partial charge in [0.05, 0.1) is 5.69 Å². The van der Waals surface area contributed by atoms with Crippen LogP contribution in [-0.2, 0) is 16.1 Å². The highest BCUT2D eigenvalue weighted by atomic mass is 16.7. The van der Waals surface area contributed by atoms with Crippen molar-refractivity contribution in [3.8, 4) is 39.9 Å². The van der Waals surface area contributed by atoms with Gasteiger partial charge in [-0.2, -0.15) is 5.10 Å². The highest BCUT2D eigenvalue weighted by Gasteiger charge is 2.17. The molecule has 0 fully saturated rings. The Labute approximate surface area is 207 Å². The Hall–Kier alpha value is -4.72. The topological polar surface area (TPSA) is 81.0 Å². The van der Waals surface area contributed by atoms with E-state index in [1.165, 1.54) is 6.08 Å². The van der Waals surface area contributed by atoms with E-state index >= 15 is 0 Å². The van der Waals surface area contributed by atoms with Gasteiger partial charge in [-0.3, -0.25) is 0 Å². The smallest absolute Gasteiger partial charge is 0.331 e. The number of fused-ring (bicyclic) bond motifs is 2. The molecule has 0 saturated carbocycles. The predicted molar refractivity (Wildman–Crippen MR) is 131 cm³/mol. The third kappa shape index (κ3) is 4.48. The van der Waals surface area contributed by atoms with Crippen molar-refractivity contribution in [1.82, 2.24) is 9.78 Å². The van der Waals surface area contributed by atoms with E-state index in [0.29, 0.717) is 41.9 Å². The molecule has 0 N–H and O–H groups in total. The number of aromatic nitrogens is 2. The van der Waals surface area contributed by atoms with Crippen LogP contribution in [0, 0.1) is 0 Å². The first-order chi connectivity index (χ1) is 17.7. The SMILES string of the molecule is O=C(C=Cc1cn(-c2ccccc2)nc1-c1ccc2c(c1)OCCO2)OCc1ccc2c(c1)OCO2. The molecule has 0 unspecified atom stereocenters. The van der Waals surface area contributed by atoms with Crippen molar-refractivity contribution in [3.05, 3.63) is 90.1 Å². The number of rotatable bonds is 6. The maximum Gasteiger partial charge on any atom is 0.331 e. The van der Waals surface area contributed by atoms with E-state index in [9.17, 15) is 4.79 Å². The quantitative estimate of drug-likeness (QED) is 0.289. The van der Waals surface area contributed by atoms with Crippen molar-refractivity contribution < 1.29 is 28.5 Å². The van der Waals surface area contributed by atoms with Crippen LogP contribution in [0.2, 0.25) is 0 Å². The standard InChI is InChI=1S/C28H22N2O6/c31-27(34-17-19-6-9-24-25(14-19)36-18-35-24)11-8-21-16-30(22-4-2-1-3-5-22)29-28(21)20-7-10-23-26(15-20)33-13-12-32-23/h1-11,14-16H,12-13,17-18H2. The highest BCUT2D eigenvalue weighted by Crippen LogP contribution is 2.36. The lowest BCUT2D eigenvalue weighted by Gasteiger charge is -2.18. The highest BCUT2D eigenvalue weighted by molar-refractivity contribution is 5.89. The van der Waals surface area contributed by atoms with Crippen LogP contribution in [0.25, 0.3) is 23.0 Å². The summed E-state index contributed by atoms with van der Waals surface area (Å²) in [5.74, 6) is 2.25. The van der Waals surface area contributed by atoms with Crippen LogP contribution in [0.3, 0.4) is 0 Å². The first kappa shape index (κ1) is 21.8. The van der Waals surface area contributed by atoms with Crippen LogP contribution >= 0.6 is 0 Å². The van der Waals surface area contributed by atoms with Gasteiger partial charge in [-0.15, -0.1) is 0 Å². The van der Waals surface area contributed by atoms with Crippen molar-refractivity contribution in [2.75, 3.05) is 20.0 Å². The molecule has 2 aliphatic rings. The van der Waals surface area contributed by atoms with Gasteiger partial charge in [0.1, 0.15) is 25.5 Å². The molecular weight excluding hydrogens is 460 g/mol. The average Bonchev–Trinajstić information content (AvgIpc) is 3.58. The zero-order valence-corrected chi connectivity index (χ0v) is 19.3. The fourth-order valence-corrected chi connectivity index (χ4v) is 4.03. The number of carbonyl (C=O) groups excluding carboxylic acids is 1. The number of ether oxygens (including phenoxy) is 5. The van der Waals surface area contributed by atoms with E-state index in [1.807, 2.05) is 66.9 Å². The van der Waals surface area contributed by atoms with Crippen LogP contribution < -0.4 is 18.9 Å². The largest absolute Gasteiger partial charge is 0.486 e. The minimum absolute atomic E-state index is 0.123. The summed E-state index contributed by atoms with van der Waals surface area (Å²) in [7, 11) is 0. The molecule has 180 valence electrons. The molecule has 8 heteroatoms. The molecule has 36 heavy (non-hydrogen) atoms. The molecular formula is C28H22N2O6. The summed E-state index contributed by atoms with van der Waals surface area (Å²) in [4.78, 5) is 12.5. The van der Waals surface area contributed by atoms with E-state index in [2.05, 4.69) is 0 Å². The number of benzene rings is 3. The van der Waals surface area contributed by atoms with Gasteiger partial charge in [0.25, 0.3) is 0 Å². The maximum absolute atomic E-state index is 12.5. The van der Waals surface area contributed by atoms with Crippen molar-refractivity contribution in [3.63, 3.8) is 0 Å². The fraction of sp³-hybridized carbons (Fsp3) is 0.143. The number of esters is 1. The predicted octanol–water partition coefficient (Wildman–Crippen LogP) is 4.80. The second-order valence-corrected chi connectivity index (χ2v) is 8.20. The van der Waals surface area contributed by atoms with Gasteiger partial charge in [0, 0.05) is 23.4 Å². The molecule has 0 spiro atoms. The Morgan fingerprint density at radius 3 is 2.53 bits per heavy atom. The third-order valence-electron chi connectivity index (χ3n) is 5.80. The minimum Gasteiger partial charge on any atom is -0.486 e. The lowest BCUT2D eigenvalue weighted by atomic mass is 10.1. The molecule has 0 radical (unpaired) electrons. The Morgan fingerprint density at radius 2 is 1.64 bits per heavy atom. The van der Waals surface area contributed by atoms with Crippen LogP contribution in [0.1, 0.15) is 11.1 Å². The summed E-state index contributed by atoms with van der Waals surface area (Å²) in [5.41, 5.74) is 4.03. The Bertz CT molecular complexity index is 1440. The molecule has 0 amide bonds. The summed E-state index contributed by atoms with van der Waals surface area (Å²) in [6.07, 6.45) is 4.99. The molecule has 0 bridgehead atoms. The molecule has 4 aromatic rings. The van der Waals surface area contributed by atoms with Crippen LogP contribution in [0.4, 0.5) is 0 Å². The van der Waals surface area contributed by atoms with Crippen LogP contribution in [0.15, 0.2) is 79.0 Å². The summed E-state index contributed by atoms with van der Waals surface area (Å²) in [6, 6.07) is 20.9. The van der Waals surface area contributed by atoms with Gasteiger partial charge in [-0.1, -0.05) is 24.3 Å². The van der Waals surface area contributed by atoms with Gasteiger partial charge in [-0.05, 0) is 54.1 Å². The number of nitrogens with zero attached hydrogens (tertiary/aromatic N) is 2. The minimum atomic E-state index is -0.465. The average molecular weight is 482 g/mol. The monoisotopic (exact) mass is 482 g/mol. The molecule has 8 nitrogen and oxygen atoms in total. The molecule has 6 rings (SSSR count). The molecule has 1 aromatic heterocycles. The maximum atomic E-state index is 12.5. The Balaban J connectivity index is 1.24. The van der Waals surface area contributed by atoms with Gasteiger partial charge < -0.3 is 23.7 Å². The summed E-state index contributed by atoms with van der Waals surface area (Å²) in [6.45, 7) is 1.34. The van der Waals surface area contributed by atoms with Gasteiger partial charge in [0.15, 0.2) is 23.0 Å². The molecule has 0 aliphatic carbocycles. The van der Waals surface area contributed by atoms with Crippen LogP contribution in [-0.4, -0.2) is 35.8 Å². The number of hydrogen-bond acceptors (Lipinski definition) is 7. The van der Waals surface area contributed by atoms with Crippen molar-refractivity contribution in [1.29, 1.82) is 0 Å². The zero-order chi connectivity index (χ0) is 24.3. The van der Waals surface area contributed by atoms with E-state index in [-0.39, 0.29) is 13.4 Å². The normalized spacial score (nSPS) is 13.7. The second-order valence-electron chi connectivity index (χ2n) is 8.20. The van der Waals surface area contributed by atoms with Crippen molar-refractivity contribution in [2.24, 2.45) is 0 Å². The van der Waals surface area contributed by atoms with E-state index in [4.69, 9.17) is 28.8 Å². The van der Waals surface area contributed by atoms with Crippen molar-refractivity contribution >= 4 is 12.0 Å². The van der Waals surface area contributed by atoms with Crippen LogP contribution in [0.5, 0.6) is 23.0 Å². The number of hydrogen-bond donors (Lipinski definition) is 0. The first-order valence-corrected chi connectivity index (χ1v) is 11.5. The zero-order valence-electron chi connectivity index (χ0n) is 19.3. The number of carbonyl (C=O) groups is 1. The van der Waals surface area contributed by atoms with Crippen molar-refractivity contribution in [2.45, 2.75) is 6.61 Å². The lowest BCUT2D eigenvalue weighted by Crippen LogP contribution is -2.15. The lowest BCUT2D eigenvalue weighted by molar-refractivity contribution is -0.138. The Morgan fingerprint density at radius 1 is 0.889 bits per heavy atom. The Kier molecular flexibility index (Phi) is 5.75. The second kappa shape index (κ2) is 9.50. The molecule has 3 heterocycles. The first-order valence-electron chi connectivity index (χ1n) is 11.5. The molecule has 3 aromatic carbocycles. The summed E-state index contributed by atoms with van der Waals surface area (Å²) in [5, 5.41) is 4.80. The molecule has 0 atom stereocenters. The molecule has 0 saturated heterocycles. The van der Waals surface area contributed by atoms with E-state index in [0.717, 1.165) is 22.4 Å². The molecule has 2 aliphatic heterocycles. The van der Waals surface area contributed by atoms with E-state index < -0.39 is 5.97 Å². The summed E-state index contributed by atoms with van der Waals surface area (Å²) >= 11 is 0. The third-order valence-corrected chi connectivity index (χ3v) is 5.80. The van der Waals surface area contributed by atoms with Gasteiger partial charge >= 0.3 is 5.97 Å². The fourth-order valence-electron chi connectivity index (χ4n) is 4.03. The number of para-hydroxylation sites is 1. The summed E-state index contributed by atoms with van der Waals surface area (Å²) < 4.78 is 29.3. The van der Waals surface area contributed by atoms with E-state index in [1.54, 1.807) is 16.8 Å².